The van der Waals surface area contributed by atoms with Crippen molar-refractivity contribution in [3.05, 3.63) is 74.8 Å². The molecule has 0 unspecified atom stereocenters. The van der Waals surface area contributed by atoms with Gasteiger partial charge in [0.05, 0.1) is 18.8 Å². The Kier molecular flexibility index (Phi) is 6.90. The molecule has 5 rings (SSSR count). The van der Waals surface area contributed by atoms with Crippen molar-refractivity contribution in [3.8, 4) is 0 Å². The highest BCUT2D eigenvalue weighted by molar-refractivity contribution is 7.11. The number of fused-ring (bicyclic) bond motifs is 1. The Hall–Kier alpha value is -2.73. The van der Waals surface area contributed by atoms with E-state index in [1.165, 1.54) is 41.8 Å². The number of alkyl halides is 2. The number of thiazole rings is 1. The summed E-state index contributed by atoms with van der Waals surface area (Å²) in [5, 5.41) is 18.1. The highest BCUT2D eigenvalue weighted by Gasteiger charge is 2.47. The Morgan fingerprint density at radius 3 is 2.83 bits per heavy atom. The van der Waals surface area contributed by atoms with E-state index in [0.29, 0.717) is 39.0 Å². The molecule has 2 aliphatic rings. The van der Waals surface area contributed by atoms with Crippen LogP contribution in [-0.2, 0) is 4.74 Å². The van der Waals surface area contributed by atoms with Crippen LogP contribution in [0.5, 0.6) is 0 Å². The van der Waals surface area contributed by atoms with Crippen molar-refractivity contribution >= 4 is 34.3 Å². The number of hydrogen-bond donors (Lipinski definition) is 1. The van der Waals surface area contributed by atoms with Gasteiger partial charge in [-0.25, -0.2) is 14.1 Å². The number of nitrogens with zero attached hydrogens (tertiary/aromatic N) is 5. The molecule has 0 saturated carbocycles. The van der Waals surface area contributed by atoms with Crippen LogP contribution in [0.15, 0.2) is 52.7 Å². The lowest BCUT2D eigenvalue weighted by atomic mass is 9.91. The molecule has 1 aromatic carbocycles. The molecule has 0 aliphatic carbocycles. The predicted octanol–water partition coefficient (Wildman–Crippen LogP) is 5.30. The molecule has 2 aromatic heterocycles. The molecule has 0 bridgehead atoms. The van der Waals surface area contributed by atoms with E-state index in [4.69, 9.17) is 21.3 Å². The fraction of sp³-hybridized carbons (Fsp3) is 0.375. The van der Waals surface area contributed by atoms with E-state index in [0.717, 1.165) is 6.42 Å². The Balaban J connectivity index is 1.69. The minimum atomic E-state index is -2.82. The van der Waals surface area contributed by atoms with Gasteiger partial charge in [0.15, 0.2) is 10.8 Å². The summed E-state index contributed by atoms with van der Waals surface area (Å²) >= 11 is 7.83. The first-order chi connectivity index (χ1) is 17.3. The van der Waals surface area contributed by atoms with E-state index in [1.54, 1.807) is 6.20 Å². The molecular weight excluding hydrogens is 515 g/mol. The third kappa shape index (κ3) is 4.68. The second-order valence-electron chi connectivity index (χ2n) is 8.72. The predicted molar refractivity (Wildman–Crippen MR) is 131 cm³/mol. The first kappa shape index (κ1) is 24.9. The number of rotatable bonds is 8. The van der Waals surface area contributed by atoms with E-state index in [9.17, 15) is 18.3 Å². The highest BCUT2D eigenvalue weighted by Crippen LogP contribution is 2.48. The largest absolute Gasteiger partial charge is 0.385 e. The van der Waals surface area contributed by atoms with Gasteiger partial charge in [-0.1, -0.05) is 24.6 Å². The molecule has 190 valence electrons. The van der Waals surface area contributed by atoms with Gasteiger partial charge in [-0.2, -0.15) is 13.9 Å². The Morgan fingerprint density at radius 2 is 2.17 bits per heavy atom. The van der Waals surface area contributed by atoms with Crippen LogP contribution in [0.2, 0.25) is 5.02 Å². The maximum Gasteiger partial charge on any atom is 0.333 e. The molecule has 1 saturated heterocycles. The molecule has 4 heterocycles. The minimum absolute atomic E-state index is 0.0900. The van der Waals surface area contributed by atoms with Crippen LogP contribution >= 0.6 is 22.9 Å². The van der Waals surface area contributed by atoms with Crippen LogP contribution in [-0.4, -0.2) is 56.0 Å². The fourth-order valence-corrected chi connectivity index (χ4v) is 5.46. The van der Waals surface area contributed by atoms with Crippen molar-refractivity contribution in [1.29, 1.82) is 0 Å². The minimum Gasteiger partial charge on any atom is -0.385 e. The van der Waals surface area contributed by atoms with Gasteiger partial charge >= 0.3 is 6.55 Å². The van der Waals surface area contributed by atoms with Crippen molar-refractivity contribution < 1.29 is 23.0 Å². The quantitative estimate of drug-likeness (QED) is 0.394. The number of aliphatic hydroxyl groups is 1. The summed E-state index contributed by atoms with van der Waals surface area (Å²) < 4.78 is 47.0. The number of hydrogen-bond acceptors (Lipinski definition) is 7. The first-order valence-corrected chi connectivity index (χ1v) is 12.6. The summed E-state index contributed by atoms with van der Waals surface area (Å²) in [5.74, 6) is -0.00124. The monoisotopic (exact) mass is 537 g/mol. The van der Waals surface area contributed by atoms with Crippen LogP contribution in [0.1, 0.15) is 48.6 Å². The summed E-state index contributed by atoms with van der Waals surface area (Å²) in [6.07, 6.45) is 3.81. The summed E-state index contributed by atoms with van der Waals surface area (Å²) in [5.41, 5.74) is 0.665. The van der Waals surface area contributed by atoms with Crippen LogP contribution < -0.4 is 0 Å². The van der Waals surface area contributed by atoms with Gasteiger partial charge in [0.25, 0.3) is 0 Å². The molecule has 12 heteroatoms. The summed E-state index contributed by atoms with van der Waals surface area (Å²) in [7, 11) is 0. The van der Waals surface area contributed by atoms with Crippen LogP contribution in [0.25, 0.3) is 5.57 Å². The van der Waals surface area contributed by atoms with Gasteiger partial charge in [-0.3, -0.25) is 4.99 Å². The van der Waals surface area contributed by atoms with Crippen LogP contribution in [0, 0.1) is 5.82 Å². The topological polar surface area (TPSA) is 75.8 Å². The zero-order valence-electron chi connectivity index (χ0n) is 19.2. The molecule has 1 N–H and O–H groups in total. The zero-order chi connectivity index (χ0) is 25.4. The standard InChI is InChI=1S/C24H23ClF3N5O2S/c1-2-8-35-13-24(34)11-18-19(17-5-7-33(31-17)23(27)28)20(15-4-3-14(26)10-16(15)25)30-21(32(18)12-24)22-29-6-9-36-22/h3-7,9-10,20,23,34H,2,8,11-13H2,1H3/t20-,24+/m0/s1. The van der Waals surface area contributed by atoms with E-state index in [2.05, 4.69) is 10.1 Å². The van der Waals surface area contributed by atoms with Gasteiger partial charge in [-0.15, -0.1) is 11.3 Å². The lowest BCUT2D eigenvalue weighted by molar-refractivity contribution is -0.0350. The lowest BCUT2D eigenvalue weighted by Gasteiger charge is -2.32. The molecule has 0 radical (unpaired) electrons. The van der Waals surface area contributed by atoms with Crippen molar-refractivity contribution in [2.24, 2.45) is 4.99 Å². The van der Waals surface area contributed by atoms with Gasteiger partial charge in [-0.05, 0) is 24.6 Å². The van der Waals surface area contributed by atoms with Crippen molar-refractivity contribution in [3.63, 3.8) is 0 Å². The van der Waals surface area contributed by atoms with E-state index >= 15 is 0 Å². The number of amidine groups is 1. The van der Waals surface area contributed by atoms with E-state index in [-0.39, 0.29) is 30.3 Å². The summed E-state index contributed by atoms with van der Waals surface area (Å²) in [6.45, 7) is -0.0881. The Bertz CT molecular complexity index is 1310. The summed E-state index contributed by atoms with van der Waals surface area (Å²) in [4.78, 5) is 11.2. The third-order valence-electron chi connectivity index (χ3n) is 6.05. The number of ether oxygens (including phenoxy) is 1. The molecule has 1 fully saturated rings. The Labute approximate surface area is 214 Å². The average molecular weight is 538 g/mol. The normalized spacial score (nSPS) is 21.9. The average Bonchev–Trinajstić information content (AvgIpc) is 3.58. The van der Waals surface area contributed by atoms with Gasteiger partial charge in [0.2, 0.25) is 0 Å². The molecule has 2 atom stereocenters. The number of aliphatic imine (C=N–C) groups is 1. The molecule has 0 spiro atoms. The molecule has 7 nitrogen and oxygen atoms in total. The van der Waals surface area contributed by atoms with Crippen LogP contribution in [0.4, 0.5) is 13.2 Å². The maximum absolute atomic E-state index is 13.9. The third-order valence-corrected chi connectivity index (χ3v) is 7.15. The molecule has 3 aromatic rings. The van der Waals surface area contributed by atoms with Gasteiger partial charge in [0, 0.05) is 52.7 Å². The van der Waals surface area contributed by atoms with E-state index < -0.39 is 24.0 Å². The number of aromatic nitrogens is 3. The van der Waals surface area contributed by atoms with Gasteiger partial charge < -0.3 is 14.7 Å². The smallest absolute Gasteiger partial charge is 0.333 e. The first-order valence-electron chi connectivity index (χ1n) is 11.4. The fourth-order valence-electron chi connectivity index (χ4n) is 4.54. The van der Waals surface area contributed by atoms with Crippen molar-refractivity contribution in [2.75, 3.05) is 19.8 Å². The highest BCUT2D eigenvalue weighted by atomic mass is 35.5. The molecular formula is C24H23ClF3N5O2S. The second kappa shape index (κ2) is 9.97. The van der Waals surface area contributed by atoms with E-state index in [1.807, 2.05) is 17.2 Å². The molecule has 36 heavy (non-hydrogen) atoms. The van der Waals surface area contributed by atoms with Gasteiger partial charge in [0.1, 0.15) is 17.5 Å². The lowest BCUT2D eigenvalue weighted by Crippen LogP contribution is -2.40. The van der Waals surface area contributed by atoms with Crippen LogP contribution in [0.3, 0.4) is 0 Å². The SMILES string of the molecule is CCCOC[C@@]1(O)CC2=C(c3ccn(C(F)F)n3)[C@H](c3ccc(F)cc3Cl)N=C(c3nccs3)N2C1. The second-order valence-corrected chi connectivity index (χ2v) is 10.0. The maximum atomic E-state index is 13.9. The van der Waals surface area contributed by atoms with Crippen molar-refractivity contribution in [2.45, 2.75) is 38.0 Å². The molecule has 0 amide bonds. The summed E-state index contributed by atoms with van der Waals surface area (Å²) in [6, 6.07) is 4.67. The number of benzene rings is 1. The van der Waals surface area contributed by atoms with Crippen molar-refractivity contribution in [1.82, 2.24) is 19.7 Å². The zero-order valence-corrected chi connectivity index (χ0v) is 20.8. The molecule has 2 aliphatic heterocycles. The Morgan fingerprint density at radius 1 is 1.33 bits per heavy atom. The number of halogens is 4.